The molecule has 8 nitrogen and oxygen atoms in total. The molecule has 0 aliphatic rings. The molecule has 2 amide bonds. The van der Waals surface area contributed by atoms with Crippen molar-refractivity contribution in [2.24, 2.45) is 5.73 Å². The molecule has 0 radical (unpaired) electrons. The molecule has 0 saturated carbocycles. The molecule has 31 heavy (non-hydrogen) atoms. The maximum Gasteiger partial charge on any atom is 0.337 e. The van der Waals surface area contributed by atoms with Crippen LogP contribution < -0.4 is 17.0 Å². The minimum atomic E-state index is -0.712. The van der Waals surface area contributed by atoms with Gasteiger partial charge in [-0.25, -0.2) is 9.36 Å². The highest BCUT2D eigenvalue weighted by Gasteiger charge is 2.26. The van der Waals surface area contributed by atoms with Crippen LogP contribution in [0.25, 0.3) is 15.9 Å². The highest BCUT2D eigenvalue weighted by atomic mass is 32.1. The van der Waals surface area contributed by atoms with Gasteiger partial charge in [-0.2, -0.15) is 0 Å². The molecule has 0 atom stereocenters. The summed E-state index contributed by atoms with van der Waals surface area (Å²) >= 11 is 1.05. The third-order valence-electron chi connectivity index (χ3n) is 5.52. The van der Waals surface area contributed by atoms with Crippen LogP contribution in [-0.4, -0.2) is 38.9 Å². The van der Waals surface area contributed by atoms with Crippen molar-refractivity contribution in [3.63, 3.8) is 0 Å². The van der Waals surface area contributed by atoms with E-state index in [9.17, 15) is 19.2 Å². The number of carbonyl (C=O) groups is 2. The lowest BCUT2D eigenvalue weighted by atomic mass is 10.1. The van der Waals surface area contributed by atoms with Crippen molar-refractivity contribution in [1.29, 1.82) is 0 Å². The lowest BCUT2D eigenvalue weighted by Gasteiger charge is -2.17. The minimum absolute atomic E-state index is 0.209. The molecule has 2 N–H and O–H groups in total. The highest BCUT2D eigenvalue weighted by Crippen LogP contribution is 2.29. The predicted octanol–water partition coefficient (Wildman–Crippen LogP) is 2.11. The van der Waals surface area contributed by atoms with Crippen LogP contribution in [0.4, 0.5) is 0 Å². The molecule has 0 saturated heterocycles. The van der Waals surface area contributed by atoms with E-state index >= 15 is 0 Å². The smallest absolute Gasteiger partial charge is 0.337 e. The first-order valence-electron chi connectivity index (χ1n) is 10.1. The summed E-state index contributed by atoms with van der Waals surface area (Å²) in [5, 5.41) is 0.250. The first-order valence-corrected chi connectivity index (χ1v) is 10.9. The molecule has 3 aromatic rings. The Balaban J connectivity index is 2.43. The van der Waals surface area contributed by atoms with E-state index in [1.54, 1.807) is 24.0 Å². The SMILES string of the molecule is CCN(CC)C(=O)c1sc2c(c1C)c(=O)n(-c1ccc(C)c(C)c1)c(=O)n2CC(N)=O. The fourth-order valence-corrected chi connectivity index (χ4v) is 4.85. The standard InChI is InChI=1S/C22H26N4O4S/c1-6-24(7-2)20(29)18-14(5)17-19(28)26(15-9-8-12(3)13(4)10-15)22(30)25(11-16(23)27)21(17)31-18/h8-10H,6-7,11H2,1-5H3,(H2,23,27). The van der Waals surface area contributed by atoms with Crippen molar-refractivity contribution < 1.29 is 9.59 Å². The normalized spacial score (nSPS) is 11.1. The zero-order chi connectivity index (χ0) is 23.0. The van der Waals surface area contributed by atoms with Gasteiger partial charge in [-0.1, -0.05) is 6.07 Å². The van der Waals surface area contributed by atoms with E-state index < -0.39 is 17.2 Å². The van der Waals surface area contributed by atoms with Gasteiger partial charge in [-0.05, 0) is 63.4 Å². The predicted molar refractivity (Wildman–Crippen MR) is 122 cm³/mol. The zero-order valence-electron chi connectivity index (χ0n) is 18.3. The summed E-state index contributed by atoms with van der Waals surface area (Å²) in [6.07, 6.45) is 0. The van der Waals surface area contributed by atoms with Gasteiger partial charge in [-0.15, -0.1) is 11.3 Å². The quantitative estimate of drug-likeness (QED) is 0.631. The summed E-state index contributed by atoms with van der Waals surface area (Å²) in [6.45, 7) is 9.92. The molecule has 0 bridgehead atoms. The lowest BCUT2D eigenvalue weighted by Crippen LogP contribution is -2.40. The Bertz CT molecular complexity index is 1310. The molecule has 164 valence electrons. The molecule has 0 fully saturated rings. The average Bonchev–Trinajstić information content (AvgIpc) is 3.06. The number of fused-ring (bicyclic) bond motifs is 1. The van der Waals surface area contributed by atoms with Crippen LogP contribution in [0.3, 0.4) is 0 Å². The second-order valence-electron chi connectivity index (χ2n) is 7.46. The Morgan fingerprint density at radius 1 is 1.06 bits per heavy atom. The van der Waals surface area contributed by atoms with E-state index in [4.69, 9.17) is 5.73 Å². The van der Waals surface area contributed by atoms with E-state index in [0.29, 0.717) is 29.2 Å². The molecule has 1 aromatic carbocycles. The van der Waals surface area contributed by atoms with Gasteiger partial charge in [0.2, 0.25) is 5.91 Å². The Labute approximate surface area is 183 Å². The molecule has 0 spiro atoms. The van der Waals surface area contributed by atoms with Crippen molar-refractivity contribution in [2.75, 3.05) is 13.1 Å². The zero-order valence-corrected chi connectivity index (χ0v) is 19.1. The van der Waals surface area contributed by atoms with Crippen LogP contribution in [0.5, 0.6) is 0 Å². The maximum absolute atomic E-state index is 13.5. The summed E-state index contributed by atoms with van der Waals surface area (Å²) in [5.41, 5.74) is 7.06. The van der Waals surface area contributed by atoms with Gasteiger partial charge in [0.15, 0.2) is 0 Å². The van der Waals surface area contributed by atoms with Crippen molar-refractivity contribution in [3.8, 4) is 5.69 Å². The number of amides is 2. The molecular formula is C22H26N4O4S. The van der Waals surface area contributed by atoms with E-state index in [1.165, 1.54) is 4.57 Å². The van der Waals surface area contributed by atoms with Gasteiger partial charge in [0, 0.05) is 13.1 Å². The minimum Gasteiger partial charge on any atom is -0.368 e. The Morgan fingerprint density at radius 3 is 2.26 bits per heavy atom. The van der Waals surface area contributed by atoms with Gasteiger partial charge < -0.3 is 10.6 Å². The molecule has 9 heteroatoms. The summed E-state index contributed by atoms with van der Waals surface area (Å²) < 4.78 is 2.23. The molecule has 0 unspecified atom stereocenters. The third kappa shape index (κ3) is 3.81. The van der Waals surface area contributed by atoms with Gasteiger partial charge >= 0.3 is 5.69 Å². The number of primary amides is 1. The number of benzene rings is 1. The monoisotopic (exact) mass is 442 g/mol. The third-order valence-corrected chi connectivity index (χ3v) is 6.82. The number of thiophene rings is 1. The lowest BCUT2D eigenvalue weighted by molar-refractivity contribution is -0.118. The maximum atomic E-state index is 13.5. The van der Waals surface area contributed by atoms with Crippen molar-refractivity contribution in [1.82, 2.24) is 14.0 Å². The second kappa shape index (κ2) is 8.50. The molecule has 2 heterocycles. The van der Waals surface area contributed by atoms with E-state index in [0.717, 1.165) is 27.0 Å². The number of nitrogens with zero attached hydrogens (tertiary/aromatic N) is 3. The van der Waals surface area contributed by atoms with Crippen LogP contribution in [0.2, 0.25) is 0 Å². The number of rotatable bonds is 6. The van der Waals surface area contributed by atoms with Crippen molar-refractivity contribution >= 4 is 33.4 Å². The number of nitrogens with two attached hydrogens (primary N) is 1. The fourth-order valence-electron chi connectivity index (χ4n) is 3.59. The molecule has 0 aliphatic heterocycles. The fraction of sp³-hybridized carbons (Fsp3) is 0.364. The Morgan fingerprint density at radius 2 is 1.71 bits per heavy atom. The van der Waals surface area contributed by atoms with Crippen LogP contribution in [0, 0.1) is 20.8 Å². The van der Waals surface area contributed by atoms with Gasteiger partial charge in [0.25, 0.3) is 11.5 Å². The van der Waals surface area contributed by atoms with Crippen LogP contribution in [0.1, 0.15) is 40.2 Å². The number of aryl methyl sites for hydroxylation is 3. The first kappa shape index (κ1) is 22.5. The van der Waals surface area contributed by atoms with Gasteiger partial charge in [0.05, 0.1) is 16.0 Å². The summed E-state index contributed by atoms with van der Waals surface area (Å²) in [4.78, 5) is 53.8. The van der Waals surface area contributed by atoms with E-state index in [-0.39, 0.29) is 22.7 Å². The summed E-state index contributed by atoms with van der Waals surface area (Å²) in [7, 11) is 0. The first-order chi connectivity index (χ1) is 14.6. The van der Waals surface area contributed by atoms with Gasteiger partial charge in [-0.3, -0.25) is 19.0 Å². The molecular weight excluding hydrogens is 416 g/mol. The second-order valence-corrected chi connectivity index (χ2v) is 8.46. The molecule has 2 aromatic heterocycles. The van der Waals surface area contributed by atoms with E-state index in [2.05, 4.69) is 0 Å². The number of carbonyl (C=O) groups excluding carboxylic acids is 2. The van der Waals surface area contributed by atoms with Crippen LogP contribution in [-0.2, 0) is 11.3 Å². The summed E-state index contributed by atoms with van der Waals surface area (Å²) in [5.74, 6) is -0.921. The largest absolute Gasteiger partial charge is 0.368 e. The van der Waals surface area contributed by atoms with Crippen molar-refractivity contribution in [2.45, 2.75) is 41.2 Å². The topological polar surface area (TPSA) is 107 Å². The molecule has 0 aliphatic carbocycles. The highest BCUT2D eigenvalue weighted by molar-refractivity contribution is 7.20. The van der Waals surface area contributed by atoms with Crippen LogP contribution >= 0.6 is 11.3 Å². The van der Waals surface area contributed by atoms with Crippen LogP contribution in [0.15, 0.2) is 27.8 Å². The number of hydrogen-bond acceptors (Lipinski definition) is 5. The van der Waals surface area contributed by atoms with Crippen molar-refractivity contribution in [3.05, 3.63) is 60.6 Å². The Kier molecular flexibility index (Phi) is 6.17. The Hall–Kier alpha value is -3.20. The summed E-state index contributed by atoms with van der Waals surface area (Å²) in [6, 6.07) is 5.27. The average molecular weight is 443 g/mol. The molecule has 3 rings (SSSR count). The number of hydrogen-bond donors (Lipinski definition) is 1. The number of aromatic nitrogens is 2. The van der Waals surface area contributed by atoms with E-state index in [1.807, 2.05) is 33.8 Å². The van der Waals surface area contributed by atoms with Gasteiger partial charge in [0.1, 0.15) is 11.4 Å².